The summed E-state index contributed by atoms with van der Waals surface area (Å²) in [5, 5.41) is 4.68. The second-order valence-corrected chi connectivity index (χ2v) is 12.3. The maximum atomic E-state index is 15.4. The van der Waals surface area contributed by atoms with Gasteiger partial charge in [-0.3, -0.25) is 14.4 Å². The van der Waals surface area contributed by atoms with Crippen LogP contribution in [0.2, 0.25) is 5.02 Å². The van der Waals surface area contributed by atoms with Crippen molar-refractivity contribution in [3.8, 4) is 11.1 Å². The zero-order valence-electron chi connectivity index (χ0n) is 20.3. The van der Waals surface area contributed by atoms with E-state index in [0.29, 0.717) is 17.1 Å². The van der Waals surface area contributed by atoms with Crippen LogP contribution >= 0.6 is 11.6 Å². The molecule has 3 aromatic rings. The molecule has 1 unspecified atom stereocenters. The van der Waals surface area contributed by atoms with Crippen molar-refractivity contribution in [2.24, 2.45) is 5.73 Å². The molecule has 0 saturated carbocycles. The third-order valence-electron chi connectivity index (χ3n) is 6.76. The molecule has 3 heterocycles. The number of hydrogen-bond acceptors (Lipinski definition) is 6. The van der Waals surface area contributed by atoms with E-state index in [4.69, 9.17) is 17.3 Å². The Morgan fingerprint density at radius 2 is 1.92 bits per heavy atom. The van der Waals surface area contributed by atoms with Gasteiger partial charge in [-0.2, -0.15) is 5.10 Å². The van der Waals surface area contributed by atoms with E-state index >= 15 is 4.39 Å². The zero-order chi connectivity index (χ0) is 27.4. The number of alkyl halides is 2. The molecule has 1 saturated heterocycles. The van der Waals surface area contributed by atoms with Gasteiger partial charge >= 0.3 is 0 Å². The van der Waals surface area contributed by atoms with Crippen LogP contribution in [0.3, 0.4) is 0 Å². The number of carbonyl (C=O) groups excluding carboxylic acids is 1. The molecule has 1 fully saturated rings. The number of amides is 1. The average molecular weight is 568 g/mol. The molecule has 2 atom stereocenters. The molecule has 0 aliphatic carbocycles. The van der Waals surface area contributed by atoms with Crippen LogP contribution in [0.25, 0.3) is 11.1 Å². The number of piperidine rings is 1. The molecule has 13 heteroatoms. The molecule has 2 aliphatic heterocycles. The fraction of sp³-hybridized carbons (Fsp3) is 0.360. The van der Waals surface area contributed by atoms with Gasteiger partial charge in [-0.15, -0.1) is 0 Å². The first-order valence-electron chi connectivity index (χ1n) is 11.8. The second-order valence-electron chi connectivity index (χ2n) is 9.86. The molecule has 5 rings (SSSR count). The number of halogens is 4. The van der Waals surface area contributed by atoms with Crippen molar-refractivity contribution in [3.63, 3.8) is 0 Å². The minimum absolute atomic E-state index is 0.0222. The van der Waals surface area contributed by atoms with Crippen molar-refractivity contribution in [3.05, 3.63) is 65.2 Å². The molecule has 1 aromatic heterocycles. The maximum absolute atomic E-state index is 15.4. The number of aromatic nitrogens is 2. The van der Waals surface area contributed by atoms with Crippen molar-refractivity contribution in [1.82, 2.24) is 14.7 Å². The van der Waals surface area contributed by atoms with Crippen molar-refractivity contribution in [2.75, 3.05) is 30.8 Å². The van der Waals surface area contributed by atoms with Crippen LogP contribution in [0.15, 0.2) is 53.7 Å². The van der Waals surface area contributed by atoms with E-state index in [2.05, 4.69) is 5.10 Å². The molecule has 202 valence electrons. The van der Waals surface area contributed by atoms with E-state index in [-0.39, 0.29) is 34.8 Å². The fourth-order valence-corrected chi connectivity index (χ4v) is 6.72. The molecular weight excluding hydrogens is 543 g/mol. The number of nitrogens with two attached hydrogens (primary N) is 1. The van der Waals surface area contributed by atoms with Gasteiger partial charge in [0.25, 0.3) is 5.92 Å². The SMILES string of the molecule is CN1CC(n2cc(-c3cc4c(cc3F)S(=O)(=O)C[C@H](N)C(=O)N4Cc3ccc(Cl)cc3)cn2)CC(F)(F)C1. The number of hydrogen-bond donors (Lipinski definition) is 1. The van der Waals surface area contributed by atoms with E-state index in [1.165, 1.54) is 32.9 Å². The summed E-state index contributed by atoms with van der Waals surface area (Å²) in [6.07, 6.45) is 2.37. The summed E-state index contributed by atoms with van der Waals surface area (Å²) in [6, 6.07) is 6.80. The van der Waals surface area contributed by atoms with Crippen LogP contribution < -0.4 is 10.6 Å². The van der Waals surface area contributed by atoms with Crippen molar-refractivity contribution in [1.29, 1.82) is 0 Å². The molecule has 2 aliphatic rings. The van der Waals surface area contributed by atoms with Crippen LogP contribution in [0.1, 0.15) is 18.0 Å². The number of likely N-dealkylation sites (N-methyl/N-ethyl adjacent to an activating group) is 1. The number of sulfone groups is 1. The smallest absolute Gasteiger partial charge is 0.262 e. The first-order chi connectivity index (χ1) is 17.8. The van der Waals surface area contributed by atoms with Gasteiger partial charge in [-0.05, 0) is 36.9 Å². The van der Waals surface area contributed by atoms with E-state index in [0.717, 1.165) is 6.07 Å². The molecule has 2 N–H and O–H groups in total. The fourth-order valence-electron chi connectivity index (χ4n) is 5.02. The van der Waals surface area contributed by atoms with E-state index < -0.39 is 51.7 Å². The maximum Gasteiger partial charge on any atom is 0.262 e. The first kappa shape index (κ1) is 26.7. The summed E-state index contributed by atoms with van der Waals surface area (Å²) in [6.45, 7) is -0.0475. The molecule has 2 aromatic carbocycles. The van der Waals surface area contributed by atoms with E-state index in [1.807, 2.05) is 0 Å². The molecule has 0 bridgehead atoms. The summed E-state index contributed by atoms with van der Waals surface area (Å²) in [7, 11) is -2.51. The lowest BCUT2D eigenvalue weighted by atomic mass is 10.0. The molecular formula is C25H25ClF3N5O3S. The lowest BCUT2D eigenvalue weighted by molar-refractivity contribution is -0.119. The monoisotopic (exact) mass is 567 g/mol. The van der Waals surface area contributed by atoms with Crippen molar-refractivity contribution in [2.45, 2.75) is 35.9 Å². The van der Waals surface area contributed by atoms with Crippen LogP contribution in [0.4, 0.5) is 18.9 Å². The highest BCUT2D eigenvalue weighted by Gasteiger charge is 2.40. The third kappa shape index (κ3) is 5.18. The number of carbonyl (C=O) groups is 1. The number of likely N-dealkylation sites (tertiary alicyclic amines) is 1. The van der Waals surface area contributed by atoms with Gasteiger partial charge in [0.2, 0.25) is 5.91 Å². The zero-order valence-corrected chi connectivity index (χ0v) is 21.9. The van der Waals surface area contributed by atoms with Crippen LogP contribution in [0.5, 0.6) is 0 Å². The quantitative estimate of drug-likeness (QED) is 0.518. The predicted molar refractivity (Wildman–Crippen MR) is 136 cm³/mol. The van der Waals surface area contributed by atoms with Gasteiger partial charge in [0.15, 0.2) is 9.84 Å². The Labute approximate surface area is 222 Å². The Balaban J connectivity index is 1.58. The third-order valence-corrected chi connectivity index (χ3v) is 8.80. The minimum Gasteiger partial charge on any atom is -0.319 e. The van der Waals surface area contributed by atoms with Gasteiger partial charge in [-0.1, -0.05) is 23.7 Å². The second kappa shape index (κ2) is 9.67. The summed E-state index contributed by atoms with van der Waals surface area (Å²) in [5.74, 6) is -5.06. The van der Waals surface area contributed by atoms with Crippen LogP contribution in [-0.4, -0.2) is 66.9 Å². The number of nitrogens with zero attached hydrogens (tertiary/aromatic N) is 4. The Bertz CT molecular complexity index is 1500. The molecule has 8 nitrogen and oxygen atoms in total. The molecule has 1 amide bonds. The van der Waals surface area contributed by atoms with Gasteiger partial charge in [0.05, 0.1) is 47.7 Å². The topological polar surface area (TPSA) is 102 Å². The lowest BCUT2D eigenvalue weighted by Gasteiger charge is -2.35. The van der Waals surface area contributed by atoms with Crippen LogP contribution in [0, 0.1) is 5.82 Å². The Morgan fingerprint density at radius 3 is 2.61 bits per heavy atom. The molecule has 0 radical (unpaired) electrons. The number of fused-ring (bicyclic) bond motifs is 1. The summed E-state index contributed by atoms with van der Waals surface area (Å²) >= 11 is 5.96. The normalized spacial score (nSPS) is 23.2. The Hall–Kier alpha value is -2.93. The summed E-state index contributed by atoms with van der Waals surface area (Å²) in [5.41, 5.74) is 6.81. The van der Waals surface area contributed by atoms with Crippen molar-refractivity contribution >= 4 is 33.0 Å². The molecule has 38 heavy (non-hydrogen) atoms. The Kier molecular flexibility index (Phi) is 6.79. The van der Waals surface area contributed by atoms with Gasteiger partial charge in [0.1, 0.15) is 5.82 Å². The molecule has 0 spiro atoms. The first-order valence-corrected chi connectivity index (χ1v) is 13.8. The number of rotatable bonds is 4. The van der Waals surface area contributed by atoms with Gasteiger partial charge in [0, 0.05) is 35.3 Å². The van der Waals surface area contributed by atoms with E-state index in [9.17, 15) is 22.0 Å². The van der Waals surface area contributed by atoms with Crippen molar-refractivity contribution < 1.29 is 26.4 Å². The highest BCUT2D eigenvalue weighted by molar-refractivity contribution is 7.91. The Morgan fingerprint density at radius 1 is 1.21 bits per heavy atom. The minimum atomic E-state index is -4.10. The summed E-state index contributed by atoms with van der Waals surface area (Å²) in [4.78, 5) is 15.6. The lowest BCUT2D eigenvalue weighted by Crippen LogP contribution is -2.45. The largest absolute Gasteiger partial charge is 0.319 e. The van der Waals surface area contributed by atoms with E-state index in [1.54, 1.807) is 31.3 Å². The number of anilines is 1. The highest BCUT2D eigenvalue weighted by Crippen LogP contribution is 2.38. The average Bonchev–Trinajstić information content (AvgIpc) is 3.30. The highest BCUT2D eigenvalue weighted by atomic mass is 35.5. The van der Waals surface area contributed by atoms with Crippen LogP contribution in [-0.2, 0) is 21.2 Å². The van der Waals surface area contributed by atoms with Gasteiger partial charge < -0.3 is 10.6 Å². The standard InChI is InChI=1S/C25H25ClF3N5O3S/c1-32-12-18(8-25(28,29)14-32)34-11-16(9-31-34)19-6-22-23(7-20(19)27)38(36,37)13-21(30)24(35)33(22)10-15-2-4-17(26)5-3-15/h2-7,9,11,18,21H,8,10,12-14,30H2,1H3/t18?,21-/m0/s1. The van der Waals surface area contributed by atoms with Gasteiger partial charge in [-0.25, -0.2) is 21.6 Å². The predicted octanol–water partition coefficient (Wildman–Crippen LogP) is 3.50. The number of benzene rings is 2. The summed E-state index contributed by atoms with van der Waals surface area (Å²) < 4.78 is 71.2.